The van der Waals surface area contributed by atoms with Crippen LogP contribution in [-0.4, -0.2) is 152 Å². The molecule has 6 aromatic carbocycles. The molecular weight excluding hydrogens is 1690 g/mol. The summed E-state index contributed by atoms with van der Waals surface area (Å²) in [5.41, 5.74) is -4.81. The first-order valence-corrected chi connectivity index (χ1v) is 44.1. The van der Waals surface area contributed by atoms with E-state index in [4.69, 9.17) is 83.7 Å². The number of aromatic nitrogens is 10. The fourth-order valence-electron chi connectivity index (χ4n) is 15.6. The number of hydrogen-bond donors (Lipinski definition) is 6. The maximum absolute atomic E-state index is 17.1. The molecule has 0 bridgehead atoms. The molecule has 8 heterocycles. The normalized spacial score (nSPS) is 20.6. The third-order valence-electron chi connectivity index (χ3n) is 21.2. The predicted octanol–water partition coefficient (Wildman–Crippen LogP) is 13.7. The fraction of sp³-hybridized carbons (Fsp3) is 0.361. The molecule has 35 nitrogen and oxygen atoms in total. The summed E-state index contributed by atoms with van der Waals surface area (Å²) < 4.78 is 119. The van der Waals surface area contributed by atoms with Gasteiger partial charge >= 0.3 is 21.3 Å². The number of imidazole rings is 2. The molecule has 0 saturated carbocycles. The first-order chi connectivity index (χ1) is 59.0. The Labute approximate surface area is 716 Å². The molecule has 0 radical (unpaired) electrons. The number of nitrogens with one attached hydrogen (secondary N) is 4. The third kappa shape index (κ3) is 19.2. The minimum Gasteiger partial charge on any atom is -0.497 e. The highest BCUT2D eigenvalue weighted by Gasteiger charge is 2.65. The van der Waals surface area contributed by atoms with Crippen LogP contribution < -0.4 is 41.4 Å². The Morgan fingerprint density at radius 2 is 1.28 bits per heavy atom. The van der Waals surface area contributed by atoms with Crippen molar-refractivity contribution in [2.24, 2.45) is 11.8 Å². The van der Waals surface area contributed by atoms with E-state index in [1.54, 1.807) is 86.6 Å². The van der Waals surface area contributed by atoms with Crippen molar-refractivity contribution in [1.82, 2.24) is 53.3 Å². The molecule has 12 atom stereocenters. The predicted molar refractivity (Wildman–Crippen MR) is 452 cm³/mol. The van der Waals surface area contributed by atoms with Crippen LogP contribution in [0.2, 0.25) is 10.0 Å². The van der Waals surface area contributed by atoms with Crippen molar-refractivity contribution in [3.63, 3.8) is 0 Å². The number of ether oxygens (including phenoxy) is 6. The molecule has 0 spiro atoms. The molecule has 3 fully saturated rings. The zero-order chi connectivity index (χ0) is 87.2. The summed E-state index contributed by atoms with van der Waals surface area (Å²) in [5, 5.41) is 15.2. The molecule has 14 rings (SSSR count). The van der Waals surface area contributed by atoms with Gasteiger partial charge in [-0.05, 0) is 106 Å². The van der Waals surface area contributed by atoms with Gasteiger partial charge in [0.25, 0.3) is 25.6 Å². The van der Waals surface area contributed by atoms with E-state index in [0.29, 0.717) is 28.2 Å². The van der Waals surface area contributed by atoms with Crippen molar-refractivity contribution < 1.29 is 84.1 Å². The van der Waals surface area contributed by atoms with Crippen LogP contribution in [0.5, 0.6) is 17.2 Å². The monoisotopic (exact) mass is 1780 g/mol. The number of carbonyl (C=O) groups is 2. The molecule has 6 N–H and O–H groups in total. The number of benzene rings is 6. The van der Waals surface area contributed by atoms with Crippen LogP contribution in [0.25, 0.3) is 22.3 Å². The summed E-state index contributed by atoms with van der Waals surface area (Å²) in [4.78, 5) is 121. The number of H-pyrrole nitrogens is 2. The minimum atomic E-state index is -6.07. The second-order valence-corrected chi connectivity index (χ2v) is 35.0. The Balaban J connectivity index is 0.947. The number of fused-ring (bicyclic) bond motifs is 2. The molecule has 123 heavy (non-hydrogen) atoms. The summed E-state index contributed by atoms with van der Waals surface area (Å²) >= 11 is 14.6. The number of anilines is 2. The number of hydrogen-bond acceptors (Lipinski definition) is 26. The van der Waals surface area contributed by atoms with Crippen molar-refractivity contribution in [2.45, 2.75) is 147 Å². The number of para-hydroxylation sites is 1. The third-order valence-corrected chi connectivity index (χ3v) is 25.9. The van der Waals surface area contributed by atoms with Crippen molar-refractivity contribution in [1.29, 1.82) is 5.26 Å². The number of methoxy groups -OCH3 is 2. The van der Waals surface area contributed by atoms with E-state index in [9.17, 15) is 43.6 Å². The maximum atomic E-state index is 17.1. The van der Waals surface area contributed by atoms with Crippen LogP contribution in [0.3, 0.4) is 0 Å². The number of phosphoric acid groups is 2. The molecule has 11 aromatic rings. The lowest BCUT2D eigenvalue weighted by Crippen LogP contribution is -2.55. The Morgan fingerprint density at radius 1 is 0.683 bits per heavy atom. The lowest BCUT2D eigenvalue weighted by molar-refractivity contribution is -0.174. The van der Waals surface area contributed by atoms with Crippen molar-refractivity contribution >= 4 is 93.3 Å². The highest BCUT2D eigenvalue weighted by atomic mass is 35.5. The van der Waals surface area contributed by atoms with Gasteiger partial charge in [0.15, 0.2) is 28.1 Å². The average Bonchev–Trinajstić information content (AvgIpc) is 1.58. The second-order valence-electron chi connectivity index (χ2n) is 30.1. The molecule has 3 aliphatic rings. The Hall–Kier alpha value is -10.3. The first-order valence-electron chi connectivity index (χ1n) is 39.2. The van der Waals surface area contributed by atoms with Gasteiger partial charge in [-0.25, -0.2) is 38.5 Å². The first kappa shape index (κ1) is 89.0. The summed E-state index contributed by atoms with van der Waals surface area (Å²) in [5.74, 6) is -2.76. The molecule has 5 aromatic heterocycles. The van der Waals surface area contributed by atoms with Gasteiger partial charge in [-0.2, -0.15) is 10.2 Å². The van der Waals surface area contributed by atoms with Gasteiger partial charge in [0.2, 0.25) is 11.9 Å². The minimum absolute atomic E-state index is 0.0321. The van der Waals surface area contributed by atoms with Gasteiger partial charge in [0.1, 0.15) is 71.8 Å². The van der Waals surface area contributed by atoms with Crippen LogP contribution in [0.4, 0.5) is 11.8 Å². The number of phosphoric ester groups is 2. The van der Waals surface area contributed by atoms with E-state index in [0.717, 1.165) is 4.57 Å². The standard InChI is InChI=1S/C83H89Cl2N14O21P3/c1-48(2)76(100)93-80-92-75-71(79(103)94-80)90-47-98(75)69-41-64(117-121(112-38-20-37-86)99(49(3)4)50(5)6)72(116-69)83(120-122(105,106)107,58-25-16-17-26-60(58)84)59-39-67(97-46-89-70-73(87-45-88-74(70)97)91-78(102)52-21-12-10-13-22-52)114-65(59)44-113-123(108,118-62-28-19-18-27-61(62)85)119-63-40-68(96-42-51(7)77(101)95-81(96)104)115-66(63)43-111-82(53-23-14-11-15-24-53,54-29-33-56(109-8)34-30-54)55-31-35-57(110-9)36-32-55/h10-19,21-36,42,45-50,59,63-69,72H,20,38-41,43-44H2,1-9H3,(H,95,101,104)(H2,105,106,107)(H,87,88,91,102)(H2,92,93,94,100,103)/t59-,63-,64-,65-,66-,67+,68+,69+,72+,83?,121?,123?/m0/s1. The summed E-state index contributed by atoms with van der Waals surface area (Å²) in [6, 6.07) is 45.4. The molecule has 0 aliphatic carbocycles. The zero-order valence-corrected chi connectivity index (χ0v) is 72.1. The quantitative estimate of drug-likeness (QED) is 0.0122. The fourth-order valence-corrected chi connectivity index (χ4v) is 20.0. The number of amides is 2. The van der Waals surface area contributed by atoms with Crippen molar-refractivity contribution in [2.75, 3.05) is 44.7 Å². The maximum Gasteiger partial charge on any atom is 0.530 e. The zero-order valence-electron chi connectivity index (χ0n) is 67.9. The summed E-state index contributed by atoms with van der Waals surface area (Å²) in [6.45, 7) is 10.8. The van der Waals surface area contributed by atoms with Gasteiger partial charge < -0.3 is 57.1 Å². The number of aryl methyl sites for hydroxylation is 1. The molecule has 2 amide bonds. The van der Waals surface area contributed by atoms with E-state index >= 15 is 4.57 Å². The van der Waals surface area contributed by atoms with E-state index in [2.05, 4.69) is 46.6 Å². The lowest BCUT2D eigenvalue weighted by Gasteiger charge is -2.47. The highest BCUT2D eigenvalue weighted by molar-refractivity contribution is 7.49. The SMILES string of the molecule is COc1ccc(C(OC[C@@H]2O[C@@H](n3cc(C)c(=O)[nH]c3=O)C[C@@H]2OP(=O)(OC[C@@H]2O[C@@H](n3cnc4c(NC(=O)c5ccccc5)ncnc43)C[C@@H]2C(OP(=O)(O)O)(c2ccccc2Cl)[C@@H]2O[C@@H](n3cnc4c(=O)[nH]c(NC(=O)C(C)C)nc43)C[C@@H]2OP(OCCC#N)N(C(C)C)C(C)C)Oc2ccccc2Cl)(c2ccccc2)c2ccc(OC)cc2)cc1. The molecule has 646 valence electrons. The van der Waals surface area contributed by atoms with Gasteiger partial charge in [0.05, 0.1) is 76.4 Å². The van der Waals surface area contributed by atoms with Crippen LogP contribution in [0, 0.1) is 30.1 Å². The summed E-state index contributed by atoms with van der Waals surface area (Å²) in [7, 11) is -10.9. The van der Waals surface area contributed by atoms with Crippen LogP contribution >= 0.6 is 47.4 Å². The van der Waals surface area contributed by atoms with Crippen LogP contribution in [-0.2, 0) is 66.7 Å². The number of nitrogens with zero attached hydrogens (tertiary/aromatic N) is 10. The highest BCUT2D eigenvalue weighted by Crippen LogP contribution is 2.64. The van der Waals surface area contributed by atoms with E-state index in [-0.39, 0.29) is 105 Å². The Morgan fingerprint density at radius 3 is 1.91 bits per heavy atom. The average molecular weight is 1780 g/mol. The van der Waals surface area contributed by atoms with Crippen LogP contribution in [0.15, 0.2) is 197 Å². The number of aromatic amines is 2. The number of carbonyl (C=O) groups excluding carboxylic acids is 2. The van der Waals surface area contributed by atoms with Gasteiger partial charge in [0, 0.05) is 71.1 Å². The van der Waals surface area contributed by atoms with E-state index in [1.807, 2.05) is 87.0 Å². The van der Waals surface area contributed by atoms with E-state index in [1.165, 1.54) is 85.8 Å². The Kier molecular flexibility index (Phi) is 27.5. The molecule has 3 unspecified atom stereocenters. The van der Waals surface area contributed by atoms with Gasteiger partial charge in [-0.15, -0.1) is 0 Å². The number of rotatable bonds is 35. The van der Waals surface area contributed by atoms with Gasteiger partial charge in [-0.1, -0.05) is 140 Å². The van der Waals surface area contributed by atoms with E-state index < -0.39 is 145 Å². The smallest absolute Gasteiger partial charge is 0.497 e. The molecule has 40 heteroatoms. The second kappa shape index (κ2) is 38.1. The molecule has 3 aliphatic heterocycles. The number of halogens is 2. The molecular formula is C83H89Cl2N14O21P3. The van der Waals surface area contributed by atoms with Crippen molar-refractivity contribution in [3.8, 4) is 23.3 Å². The largest absolute Gasteiger partial charge is 0.530 e. The topological polar surface area (TPSA) is 433 Å². The molecule has 3 saturated heterocycles. The summed E-state index contributed by atoms with van der Waals surface area (Å²) in [6.07, 6.45) is -8.36. The van der Waals surface area contributed by atoms with Gasteiger partial charge in [-0.3, -0.25) is 61.7 Å². The number of nitriles is 1. The van der Waals surface area contributed by atoms with Crippen molar-refractivity contribution in [3.05, 3.63) is 258 Å². The lowest BCUT2D eigenvalue weighted by atomic mass is 9.72. The Bertz CT molecular complexity index is 5890. The van der Waals surface area contributed by atoms with Crippen LogP contribution in [0.1, 0.15) is 124 Å².